The fraction of sp³-hybridized carbons (Fsp3) is 0.650. The van der Waals surface area contributed by atoms with Gasteiger partial charge in [-0.2, -0.15) is 13.2 Å². The molecule has 1 rings (SSSR count). The zero-order valence-electron chi connectivity index (χ0n) is 17.4. The van der Waals surface area contributed by atoms with E-state index >= 15 is 0 Å². The fourth-order valence-electron chi connectivity index (χ4n) is 2.68. The van der Waals surface area contributed by atoms with Gasteiger partial charge in [0.15, 0.2) is 5.96 Å². The molecule has 2 N–H and O–H groups in total. The van der Waals surface area contributed by atoms with Crippen LogP contribution in [0.2, 0.25) is 0 Å². The second-order valence-corrected chi connectivity index (χ2v) is 7.48. The van der Waals surface area contributed by atoms with Crippen LogP contribution in [0.4, 0.5) is 13.2 Å². The van der Waals surface area contributed by atoms with Crippen molar-refractivity contribution in [2.75, 3.05) is 34.3 Å². The highest BCUT2D eigenvalue weighted by Gasteiger charge is 2.27. The molecule has 0 fully saturated rings. The fourth-order valence-corrected chi connectivity index (χ4v) is 2.68. The lowest BCUT2D eigenvalue weighted by Gasteiger charge is -2.27. The maximum absolute atomic E-state index is 12.1. The van der Waals surface area contributed by atoms with Crippen molar-refractivity contribution in [3.05, 3.63) is 35.4 Å². The Morgan fingerprint density at radius 2 is 1.71 bits per heavy atom. The van der Waals surface area contributed by atoms with Gasteiger partial charge in [-0.3, -0.25) is 4.99 Å². The lowest BCUT2D eigenvalue weighted by atomic mass is 10.0. The van der Waals surface area contributed by atoms with Crippen molar-refractivity contribution in [2.45, 2.75) is 45.6 Å². The van der Waals surface area contributed by atoms with Crippen LogP contribution in [0.3, 0.4) is 0 Å². The summed E-state index contributed by atoms with van der Waals surface area (Å²) in [6.07, 6.45) is -3.21. The number of nitrogens with zero attached hydrogens (tertiary/aromatic N) is 2. The maximum Gasteiger partial charge on any atom is 0.411 e. The number of guanidine groups is 1. The first-order valence-corrected chi connectivity index (χ1v) is 9.44. The molecule has 0 aliphatic heterocycles. The number of hydrogen-bond acceptors (Lipinski definition) is 3. The molecule has 1 atom stereocenters. The van der Waals surface area contributed by atoms with Crippen LogP contribution in [0.1, 0.15) is 31.4 Å². The highest BCUT2D eigenvalue weighted by Crippen LogP contribution is 2.16. The van der Waals surface area contributed by atoms with Crippen molar-refractivity contribution in [2.24, 2.45) is 10.9 Å². The first kappa shape index (κ1) is 24.2. The number of hydrogen-bond donors (Lipinski definition) is 2. The first-order valence-electron chi connectivity index (χ1n) is 9.44. The molecule has 0 bridgehead atoms. The van der Waals surface area contributed by atoms with Crippen LogP contribution in [-0.2, 0) is 17.9 Å². The Morgan fingerprint density at radius 1 is 1.11 bits per heavy atom. The number of benzene rings is 1. The van der Waals surface area contributed by atoms with Crippen LogP contribution in [-0.4, -0.2) is 57.4 Å². The Bertz CT molecular complexity index is 586. The lowest BCUT2D eigenvalue weighted by molar-refractivity contribution is -0.176. The Labute approximate surface area is 166 Å². The van der Waals surface area contributed by atoms with E-state index in [2.05, 4.69) is 53.2 Å². The van der Waals surface area contributed by atoms with E-state index in [-0.39, 0.29) is 6.61 Å². The first-order chi connectivity index (χ1) is 13.1. The van der Waals surface area contributed by atoms with E-state index < -0.39 is 12.8 Å². The number of rotatable bonds is 10. The molecule has 0 aliphatic carbocycles. The monoisotopic (exact) mass is 402 g/mol. The van der Waals surface area contributed by atoms with Crippen molar-refractivity contribution in [3.8, 4) is 0 Å². The highest BCUT2D eigenvalue weighted by molar-refractivity contribution is 5.79. The average Bonchev–Trinajstić information content (AvgIpc) is 2.60. The van der Waals surface area contributed by atoms with Gasteiger partial charge in [0.25, 0.3) is 0 Å². The van der Waals surface area contributed by atoms with Gasteiger partial charge in [-0.1, -0.05) is 38.1 Å². The molecule has 160 valence electrons. The van der Waals surface area contributed by atoms with E-state index in [0.29, 0.717) is 30.0 Å². The van der Waals surface area contributed by atoms with Crippen molar-refractivity contribution in [1.29, 1.82) is 0 Å². The highest BCUT2D eigenvalue weighted by atomic mass is 19.4. The minimum atomic E-state index is -4.30. The van der Waals surface area contributed by atoms with Gasteiger partial charge in [0.05, 0.1) is 6.61 Å². The number of alkyl halides is 3. The Balaban J connectivity index is 2.44. The van der Waals surface area contributed by atoms with E-state index in [4.69, 9.17) is 0 Å². The number of aliphatic imine (C=N–C) groups is 1. The molecule has 1 unspecified atom stereocenters. The van der Waals surface area contributed by atoms with E-state index in [0.717, 1.165) is 18.5 Å². The van der Waals surface area contributed by atoms with E-state index in [1.807, 2.05) is 12.1 Å². The third-order valence-electron chi connectivity index (χ3n) is 4.22. The molecule has 0 amide bonds. The topological polar surface area (TPSA) is 48.9 Å². The van der Waals surface area contributed by atoms with Gasteiger partial charge in [-0.05, 0) is 37.6 Å². The Morgan fingerprint density at radius 3 is 2.21 bits per heavy atom. The van der Waals surface area contributed by atoms with Crippen molar-refractivity contribution >= 4 is 5.96 Å². The lowest BCUT2D eigenvalue weighted by Crippen LogP contribution is -2.45. The molecule has 28 heavy (non-hydrogen) atoms. The van der Waals surface area contributed by atoms with Gasteiger partial charge in [-0.25, -0.2) is 0 Å². The van der Waals surface area contributed by atoms with E-state index in [1.54, 1.807) is 19.2 Å². The van der Waals surface area contributed by atoms with Gasteiger partial charge >= 0.3 is 6.18 Å². The SMILES string of the molecule is CN=C(NCc1ccc(COCC(F)(F)F)cc1)NCC(CC(C)C)N(C)C. The average molecular weight is 403 g/mol. The van der Waals surface area contributed by atoms with Gasteiger partial charge in [0.1, 0.15) is 6.61 Å². The van der Waals surface area contributed by atoms with Crippen molar-refractivity contribution < 1.29 is 17.9 Å². The zero-order chi connectivity index (χ0) is 21.2. The molecule has 0 saturated heterocycles. The molecule has 1 aromatic carbocycles. The molecule has 1 aromatic rings. The van der Waals surface area contributed by atoms with Gasteiger partial charge in [-0.15, -0.1) is 0 Å². The number of likely N-dealkylation sites (N-methyl/N-ethyl adjacent to an activating group) is 1. The molecule has 0 aliphatic rings. The summed E-state index contributed by atoms with van der Waals surface area (Å²) in [6.45, 7) is 4.49. The molecule has 0 aromatic heterocycles. The summed E-state index contributed by atoms with van der Waals surface area (Å²) in [4.78, 5) is 6.45. The molecule has 0 saturated carbocycles. The third-order valence-corrected chi connectivity index (χ3v) is 4.22. The van der Waals surface area contributed by atoms with Gasteiger partial charge in [0.2, 0.25) is 0 Å². The summed E-state index contributed by atoms with van der Waals surface area (Å²) in [6, 6.07) is 7.69. The second kappa shape index (κ2) is 11.9. The molecular formula is C20H33F3N4O. The smallest absolute Gasteiger partial charge is 0.367 e. The normalized spacial score (nSPS) is 13.9. The third kappa shape index (κ3) is 10.5. The van der Waals surface area contributed by atoms with Gasteiger partial charge < -0.3 is 20.3 Å². The standard InChI is InChI=1S/C20H33F3N4O/c1-15(2)10-18(27(4)5)12-26-19(24-3)25-11-16-6-8-17(9-7-16)13-28-14-20(21,22)23/h6-9,15,18H,10-14H2,1-5H3,(H2,24,25,26). The quantitative estimate of drug-likeness (QED) is 0.465. The number of nitrogens with one attached hydrogen (secondary N) is 2. The summed E-state index contributed by atoms with van der Waals surface area (Å²) in [5.74, 6) is 1.33. The molecule has 0 spiro atoms. The van der Waals surface area contributed by atoms with E-state index in [1.165, 1.54) is 0 Å². The summed E-state index contributed by atoms with van der Waals surface area (Å²) in [5.41, 5.74) is 1.71. The number of halogens is 3. The molecule has 5 nitrogen and oxygen atoms in total. The van der Waals surface area contributed by atoms with E-state index in [9.17, 15) is 13.2 Å². The maximum atomic E-state index is 12.1. The Kier molecular flexibility index (Phi) is 10.3. The number of ether oxygens (including phenoxy) is 1. The largest absolute Gasteiger partial charge is 0.411 e. The summed E-state index contributed by atoms with van der Waals surface area (Å²) < 4.78 is 41.0. The zero-order valence-corrected chi connectivity index (χ0v) is 17.4. The predicted octanol–water partition coefficient (Wildman–Crippen LogP) is 3.41. The second-order valence-electron chi connectivity index (χ2n) is 7.48. The summed E-state index contributed by atoms with van der Waals surface area (Å²) in [7, 11) is 5.87. The van der Waals surface area contributed by atoms with Crippen LogP contribution >= 0.6 is 0 Å². The van der Waals surface area contributed by atoms with Crippen molar-refractivity contribution in [3.63, 3.8) is 0 Å². The van der Waals surface area contributed by atoms with Crippen LogP contribution in [0, 0.1) is 5.92 Å². The van der Waals surface area contributed by atoms with Gasteiger partial charge in [0, 0.05) is 26.2 Å². The van der Waals surface area contributed by atoms with Crippen LogP contribution < -0.4 is 10.6 Å². The predicted molar refractivity (Wildman–Crippen MR) is 107 cm³/mol. The molecule has 0 heterocycles. The molecular weight excluding hydrogens is 369 g/mol. The summed E-state index contributed by atoms with van der Waals surface area (Å²) in [5, 5.41) is 6.61. The van der Waals surface area contributed by atoms with Crippen LogP contribution in [0.5, 0.6) is 0 Å². The minimum absolute atomic E-state index is 0.0573. The van der Waals surface area contributed by atoms with Crippen molar-refractivity contribution in [1.82, 2.24) is 15.5 Å². The summed E-state index contributed by atoms with van der Waals surface area (Å²) >= 11 is 0. The molecule has 0 radical (unpaired) electrons. The Hall–Kier alpha value is -1.80. The molecule has 8 heteroatoms. The minimum Gasteiger partial charge on any atom is -0.367 e. The van der Waals surface area contributed by atoms with Crippen LogP contribution in [0.15, 0.2) is 29.3 Å². The van der Waals surface area contributed by atoms with Crippen LogP contribution in [0.25, 0.3) is 0 Å².